The third kappa shape index (κ3) is 2.44. The maximum Gasteiger partial charge on any atom is 0.270 e. The number of aromatic amines is 2. The molecule has 0 aliphatic rings. The van der Waals surface area contributed by atoms with E-state index < -0.39 is 11.1 Å². The van der Waals surface area contributed by atoms with Crippen molar-refractivity contribution in [2.24, 2.45) is 10.2 Å². The van der Waals surface area contributed by atoms with Gasteiger partial charge < -0.3 is 10.2 Å². The van der Waals surface area contributed by atoms with Crippen LogP contribution in [0.15, 0.2) is 56.2 Å². The number of phenolic OH excluding ortho intramolecular Hbond substituents is 2. The van der Waals surface area contributed by atoms with E-state index in [1.807, 2.05) is 0 Å². The second-order valence-corrected chi connectivity index (χ2v) is 4.51. The van der Waals surface area contributed by atoms with Gasteiger partial charge in [0.05, 0.1) is 16.5 Å². The molecule has 3 rings (SSSR count). The summed E-state index contributed by atoms with van der Waals surface area (Å²) in [5, 5.41) is 31.4. The number of hydrogen-bond acceptors (Lipinski definition) is 6. The molecule has 1 heterocycles. The van der Waals surface area contributed by atoms with E-state index in [9.17, 15) is 19.8 Å². The minimum Gasteiger partial charge on any atom is -0.508 e. The second-order valence-electron chi connectivity index (χ2n) is 4.51. The minimum atomic E-state index is -0.445. The molecule has 0 saturated carbocycles. The largest absolute Gasteiger partial charge is 0.508 e. The summed E-state index contributed by atoms with van der Waals surface area (Å²) in [6.07, 6.45) is 0. The Morgan fingerprint density at radius 2 is 1.55 bits per heavy atom. The van der Waals surface area contributed by atoms with Gasteiger partial charge in [0, 0.05) is 6.07 Å². The van der Waals surface area contributed by atoms with Gasteiger partial charge in [0.25, 0.3) is 11.1 Å². The van der Waals surface area contributed by atoms with E-state index in [1.54, 1.807) is 0 Å². The first kappa shape index (κ1) is 13.6. The highest BCUT2D eigenvalue weighted by Crippen LogP contribution is 2.31. The summed E-state index contributed by atoms with van der Waals surface area (Å²) >= 11 is 0. The molecule has 0 atom stereocenters. The first-order chi connectivity index (χ1) is 10.5. The number of aromatic hydroxyl groups is 2. The van der Waals surface area contributed by atoms with E-state index in [0.29, 0.717) is 5.69 Å². The van der Waals surface area contributed by atoms with E-state index in [2.05, 4.69) is 20.4 Å². The number of azo groups is 1. The summed E-state index contributed by atoms with van der Waals surface area (Å²) in [6.45, 7) is 0. The summed E-state index contributed by atoms with van der Waals surface area (Å²) in [7, 11) is 0. The van der Waals surface area contributed by atoms with Gasteiger partial charge in [-0.1, -0.05) is 0 Å². The van der Waals surface area contributed by atoms with Crippen LogP contribution in [0, 0.1) is 0 Å². The molecule has 110 valence electrons. The van der Waals surface area contributed by atoms with Gasteiger partial charge in [-0.25, -0.2) is 0 Å². The molecular formula is C14H10N4O4. The van der Waals surface area contributed by atoms with Crippen molar-refractivity contribution in [3.63, 3.8) is 0 Å². The van der Waals surface area contributed by atoms with Crippen LogP contribution in [0.2, 0.25) is 0 Å². The SMILES string of the molecule is O=c1[nH][nH]c(=O)c2cc(N=Nc3ccc(O)cc3O)ccc12. The Hall–Kier alpha value is -3.42. The molecule has 0 saturated heterocycles. The van der Waals surface area contributed by atoms with Gasteiger partial charge in [-0.15, -0.1) is 5.11 Å². The third-order valence-corrected chi connectivity index (χ3v) is 3.01. The number of nitrogens with one attached hydrogen (secondary N) is 2. The molecule has 8 nitrogen and oxygen atoms in total. The van der Waals surface area contributed by atoms with Gasteiger partial charge in [0.1, 0.15) is 17.2 Å². The minimum absolute atomic E-state index is 0.0899. The monoisotopic (exact) mass is 298 g/mol. The molecule has 0 spiro atoms. The van der Waals surface area contributed by atoms with E-state index in [1.165, 1.54) is 30.3 Å². The molecule has 0 aliphatic carbocycles. The first-order valence-electron chi connectivity index (χ1n) is 6.23. The third-order valence-electron chi connectivity index (χ3n) is 3.01. The molecule has 8 heteroatoms. The summed E-state index contributed by atoms with van der Waals surface area (Å²) in [4.78, 5) is 23.2. The molecule has 0 fully saturated rings. The number of benzene rings is 2. The molecule has 3 aromatic rings. The van der Waals surface area contributed by atoms with Gasteiger partial charge >= 0.3 is 0 Å². The maximum absolute atomic E-state index is 11.7. The normalized spacial score (nSPS) is 11.3. The molecule has 2 aromatic carbocycles. The Balaban J connectivity index is 2.04. The highest BCUT2D eigenvalue weighted by molar-refractivity contribution is 5.83. The average molecular weight is 298 g/mol. The fourth-order valence-electron chi connectivity index (χ4n) is 1.94. The summed E-state index contributed by atoms with van der Waals surface area (Å²) < 4.78 is 0. The number of hydrogen-bond donors (Lipinski definition) is 4. The highest BCUT2D eigenvalue weighted by Gasteiger charge is 2.04. The van der Waals surface area contributed by atoms with Crippen molar-refractivity contribution in [2.45, 2.75) is 0 Å². The zero-order valence-electron chi connectivity index (χ0n) is 11.1. The number of H-pyrrole nitrogens is 2. The van der Waals surface area contributed by atoms with Crippen molar-refractivity contribution in [2.75, 3.05) is 0 Å². The Kier molecular flexibility index (Phi) is 3.18. The van der Waals surface area contributed by atoms with Gasteiger partial charge in [-0.05, 0) is 30.3 Å². The van der Waals surface area contributed by atoms with Crippen LogP contribution in [-0.4, -0.2) is 20.4 Å². The van der Waals surface area contributed by atoms with Crippen LogP contribution in [-0.2, 0) is 0 Å². The Labute approximate surface area is 122 Å². The highest BCUT2D eigenvalue weighted by atomic mass is 16.3. The maximum atomic E-state index is 11.7. The van der Waals surface area contributed by atoms with Crippen LogP contribution in [0.3, 0.4) is 0 Å². The zero-order chi connectivity index (χ0) is 15.7. The van der Waals surface area contributed by atoms with Crippen molar-refractivity contribution < 1.29 is 10.2 Å². The molecule has 0 unspecified atom stereocenters. The van der Waals surface area contributed by atoms with Crippen molar-refractivity contribution in [1.29, 1.82) is 0 Å². The fourth-order valence-corrected chi connectivity index (χ4v) is 1.94. The molecule has 0 aliphatic heterocycles. The zero-order valence-corrected chi connectivity index (χ0v) is 11.1. The van der Waals surface area contributed by atoms with E-state index in [-0.39, 0.29) is 28.0 Å². The van der Waals surface area contributed by atoms with Gasteiger partial charge in [-0.2, -0.15) is 5.11 Å². The topological polar surface area (TPSA) is 131 Å². The van der Waals surface area contributed by atoms with Crippen LogP contribution < -0.4 is 11.1 Å². The Morgan fingerprint density at radius 1 is 0.818 bits per heavy atom. The van der Waals surface area contributed by atoms with Gasteiger partial charge in [0.2, 0.25) is 0 Å². The van der Waals surface area contributed by atoms with Crippen molar-refractivity contribution in [3.05, 3.63) is 57.1 Å². The second kappa shape index (κ2) is 5.17. The molecule has 4 N–H and O–H groups in total. The quantitative estimate of drug-likeness (QED) is 0.539. The predicted molar refractivity (Wildman–Crippen MR) is 79.1 cm³/mol. The predicted octanol–water partition coefficient (Wildman–Crippen LogP) is 2.04. The molecule has 22 heavy (non-hydrogen) atoms. The number of phenols is 2. The van der Waals surface area contributed by atoms with Crippen molar-refractivity contribution in [1.82, 2.24) is 10.2 Å². The van der Waals surface area contributed by atoms with E-state index in [0.717, 1.165) is 6.07 Å². The number of aromatic nitrogens is 2. The first-order valence-corrected chi connectivity index (χ1v) is 6.23. The number of nitrogens with zero attached hydrogens (tertiary/aromatic N) is 2. The van der Waals surface area contributed by atoms with Crippen LogP contribution in [0.1, 0.15) is 0 Å². The van der Waals surface area contributed by atoms with Crippen LogP contribution in [0.25, 0.3) is 10.8 Å². The molecule has 0 amide bonds. The average Bonchev–Trinajstić information content (AvgIpc) is 2.50. The standard InChI is InChI=1S/C14H10N4O4/c19-8-2-4-11(12(20)6-8)16-15-7-1-3-9-10(5-7)14(22)18-17-13(9)21/h1-6,19-20H,(H,17,21)(H,18,22). The summed E-state index contributed by atoms with van der Waals surface area (Å²) in [6, 6.07) is 8.31. The summed E-state index contributed by atoms with van der Waals surface area (Å²) in [5.74, 6) is -0.313. The van der Waals surface area contributed by atoms with E-state index in [4.69, 9.17) is 0 Å². The van der Waals surface area contributed by atoms with Gasteiger partial charge in [0.15, 0.2) is 0 Å². The molecule has 0 bridgehead atoms. The van der Waals surface area contributed by atoms with Crippen LogP contribution in [0.5, 0.6) is 11.5 Å². The molecular weight excluding hydrogens is 288 g/mol. The smallest absolute Gasteiger partial charge is 0.270 e. The number of fused-ring (bicyclic) bond motifs is 1. The number of rotatable bonds is 2. The Morgan fingerprint density at radius 3 is 2.27 bits per heavy atom. The van der Waals surface area contributed by atoms with E-state index >= 15 is 0 Å². The lowest BCUT2D eigenvalue weighted by Crippen LogP contribution is -2.18. The van der Waals surface area contributed by atoms with Crippen LogP contribution in [0.4, 0.5) is 11.4 Å². The van der Waals surface area contributed by atoms with Crippen LogP contribution >= 0.6 is 0 Å². The van der Waals surface area contributed by atoms with Gasteiger partial charge in [-0.3, -0.25) is 19.8 Å². The molecule has 1 aromatic heterocycles. The lowest BCUT2D eigenvalue weighted by atomic mass is 10.2. The Bertz CT molecular complexity index is 1000. The lowest BCUT2D eigenvalue weighted by molar-refractivity contribution is 0.451. The lowest BCUT2D eigenvalue weighted by Gasteiger charge is -1.99. The fraction of sp³-hybridized carbons (Fsp3) is 0. The van der Waals surface area contributed by atoms with Crippen molar-refractivity contribution in [3.8, 4) is 11.5 Å². The molecule has 0 radical (unpaired) electrons. The van der Waals surface area contributed by atoms with Crippen molar-refractivity contribution >= 4 is 22.1 Å². The summed E-state index contributed by atoms with van der Waals surface area (Å²) in [5.41, 5.74) is -0.345.